The Kier molecular flexibility index (Phi) is 4.75. The molecule has 0 fully saturated rings. The average molecular weight is 307 g/mol. The Morgan fingerprint density at radius 2 is 1.81 bits per heavy atom. The predicted octanol–water partition coefficient (Wildman–Crippen LogP) is 3.31. The summed E-state index contributed by atoms with van der Waals surface area (Å²) in [5.74, 6) is -0.409. The van der Waals surface area contributed by atoms with E-state index in [0.29, 0.717) is 0 Å². The smallest absolute Gasteiger partial charge is 0.212 e. The van der Waals surface area contributed by atoms with Gasteiger partial charge in [0.2, 0.25) is 10.0 Å². The van der Waals surface area contributed by atoms with E-state index in [1.807, 2.05) is 25.1 Å². The lowest BCUT2D eigenvalue weighted by Crippen LogP contribution is -2.28. The largest absolute Gasteiger partial charge is 0.216 e. The van der Waals surface area contributed by atoms with Crippen molar-refractivity contribution in [3.8, 4) is 0 Å². The van der Waals surface area contributed by atoms with Gasteiger partial charge in [-0.05, 0) is 37.1 Å². The molecule has 0 bridgehead atoms. The van der Waals surface area contributed by atoms with Crippen molar-refractivity contribution in [3.05, 3.63) is 71.0 Å². The SMILES string of the molecule is Cc1cccc(CS(=O)(=O)NC(C)c2ccc(F)cc2)c1. The van der Waals surface area contributed by atoms with Gasteiger partial charge in [-0.15, -0.1) is 0 Å². The molecule has 1 atom stereocenters. The Morgan fingerprint density at radius 3 is 2.43 bits per heavy atom. The van der Waals surface area contributed by atoms with Gasteiger partial charge in [-0.2, -0.15) is 0 Å². The molecule has 5 heteroatoms. The summed E-state index contributed by atoms with van der Waals surface area (Å²) < 4.78 is 39.8. The summed E-state index contributed by atoms with van der Waals surface area (Å²) in [5, 5.41) is 0. The Labute approximate surface area is 124 Å². The van der Waals surface area contributed by atoms with Crippen molar-refractivity contribution in [2.75, 3.05) is 0 Å². The van der Waals surface area contributed by atoms with Crippen molar-refractivity contribution in [1.82, 2.24) is 4.72 Å². The zero-order valence-corrected chi connectivity index (χ0v) is 12.8. The van der Waals surface area contributed by atoms with Crippen molar-refractivity contribution in [2.45, 2.75) is 25.6 Å². The fraction of sp³-hybridized carbons (Fsp3) is 0.250. The Balaban J connectivity index is 2.08. The van der Waals surface area contributed by atoms with Gasteiger partial charge in [0.1, 0.15) is 5.82 Å². The van der Waals surface area contributed by atoms with Crippen LogP contribution in [0.3, 0.4) is 0 Å². The van der Waals surface area contributed by atoms with Crippen molar-refractivity contribution in [1.29, 1.82) is 0 Å². The zero-order chi connectivity index (χ0) is 15.5. The molecule has 2 rings (SSSR count). The molecule has 0 saturated carbocycles. The minimum Gasteiger partial charge on any atom is -0.212 e. The topological polar surface area (TPSA) is 46.2 Å². The van der Waals surface area contributed by atoms with Gasteiger partial charge in [0, 0.05) is 6.04 Å². The Bertz CT molecular complexity index is 711. The number of halogens is 1. The number of aryl methyl sites for hydroxylation is 1. The number of rotatable bonds is 5. The van der Waals surface area contributed by atoms with Gasteiger partial charge >= 0.3 is 0 Å². The summed E-state index contributed by atoms with van der Waals surface area (Å²) >= 11 is 0. The average Bonchev–Trinajstić information content (AvgIpc) is 2.38. The molecule has 0 aliphatic rings. The molecule has 0 amide bonds. The Morgan fingerprint density at radius 1 is 1.14 bits per heavy atom. The first-order valence-electron chi connectivity index (χ1n) is 6.67. The highest BCUT2D eigenvalue weighted by Crippen LogP contribution is 2.16. The molecule has 2 aromatic carbocycles. The molecule has 2 aromatic rings. The molecule has 0 aliphatic carbocycles. The molecule has 3 nitrogen and oxygen atoms in total. The van der Waals surface area contributed by atoms with Gasteiger partial charge in [0.25, 0.3) is 0 Å². The maximum atomic E-state index is 12.9. The van der Waals surface area contributed by atoms with Gasteiger partial charge in [0.15, 0.2) is 0 Å². The van der Waals surface area contributed by atoms with E-state index >= 15 is 0 Å². The first kappa shape index (κ1) is 15.7. The summed E-state index contributed by atoms with van der Waals surface area (Å²) in [4.78, 5) is 0. The molecule has 1 unspecified atom stereocenters. The molecule has 0 aliphatic heterocycles. The first-order valence-corrected chi connectivity index (χ1v) is 8.32. The fourth-order valence-corrected chi connectivity index (χ4v) is 3.53. The molecular weight excluding hydrogens is 289 g/mol. The van der Waals surface area contributed by atoms with Crippen LogP contribution in [-0.2, 0) is 15.8 Å². The molecule has 0 heterocycles. The number of sulfonamides is 1. The molecular formula is C16H18FNO2S. The van der Waals surface area contributed by atoms with E-state index in [4.69, 9.17) is 0 Å². The van der Waals surface area contributed by atoms with Crippen molar-refractivity contribution < 1.29 is 12.8 Å². The number of hydrogen-bond donors (Lipinski definition) is 1. The maximum Gasteiger partial charge on any atom is 0.216 e. The molecule has 112 valence electrons. The van der Waals surface area contributed by atoms with Crippen molar-refractivity contribution in [2.24, 2.45) is 0 Å². The summed E-state index contributed by atoms with van der Waals surface area (Å²) in [6.07, 6.45) is 0. The number of benzene rings is 2. The van der Waals surface area contributed by atoms with Gasteiger partial charge < -0.3 is 0 Å². The van der Waals surface area contributed by atoms with Crippen molar-refractivity contribution in [3.63, 3.8) is 0 Å². The first-order chi connectivity index (χ1) is 9.85. The predicted molar refractivity (Wildman–Crippen MR) is 81.8 cm³/mol. The van der Waals surface area contributed by atoms with Crippen LogP contribution in [0.25, 0.3) is 0 Å². The second kappa shape index (κ2) is 6.37. The van der Waals surface area contributed by atoms with Crippen molar-refractivity contribution >= 4 is 10.0 Å². The zero-order valence-electron chi connectivity index (χ0n) is 12.0. The second-order valence-electron chi connectivity index (χ2n) is 5.14. The highest BCUT2D eigenvalue weighted by Gasteiger charge is 2.16. The van der Waals surface area contributed by atoms with Gasteiger partial charge in [-0.25, -0.2) is 17.5 Å². The number of nitrogens with one attached hydrogen (secondary N) is 1. The molecule has 0 spiro atoms. The molecule has 0 saturated heterocycles. The van der Waals surface area contributed by atoms with Crippen LogP contribution in [0.4, 0.5) is 4.39 Å². The van der Waals surface area contributed by atoms with E-state index < -0.39 is 16.1 Å². The minimum atomic E-state index is -3.45. The van der Waals surface area contributed by atoms with E-state index in [1.54, 1.807) is 25.1 Å². The van der Waals surface area contributed by atoms with Crippen LogP contribution in [0.5, 0.6) is 0 Å². The molecule has 21 heavy (non-hydrogen) atoms. The van der Waals surface area contributed by atoms with Gasteiger partial charge in [-0.1, -0.05) is 42.0 Å². The standard InChI is InChI=1S/C16H18FNO2S/c1-12-4-3-5-14(10-12)11-21(19,20)18-13(2)15-6-8-16(17)9-7-15/h3-10,13,18H,11H2,1-2H3. The van der Waals surface area contributed by atoms with E-state index in [1.165, 1.54) is 12.1 Å². The highest BCUT2D eigenvalue weighted by molar-refractivity contribution is 7.88. The normalized spacial score (nSPS) is 13.1. The van der Waals surface area contributed by atoms with Gasteiger partial charge in [-0.3, -0.25) is 0 Å². The maximum absolute atomic E-state index is 12.9. The summed E-state index contributed by atoms with van der Waals surface area (Å²) in [7, 11) is -3.45. The minimum absolute atomic E-state index is 0.0692. The molecule has 1 N–H and O–H groups in total. The quantitative estimate of drug-likeness (QED) is 0.921. The lowest BCUT2D eigenvalue weighted by atomic mass is 10.1. The van der Waals surface area contributed by atoms with Crippen LogP contribution in [0.15, 0.2) is 48.5 Å². The summed E-state index contributed by atoms with van der Waals surface area (Å²) in [5.41, 5.74) is 2.49. The molecule has 0 aromatic heterocycles. The summed E-state index contributed by atoms with van der Waals surface area (Å²) in [6, 6.07) is 12.8. The van der Waals surface area contributed by atoms with E-state index in [-0.39, 0.29) is 11.6 Å². The third-order valence-corrected chi connectivity index (χ3v) is 4.59. The molecule has 0 radical (unpaired) electrons. The third kappa shape index (κ3) is 4.65. The lowest BCUT2D eigenvalue weighted by molar-refractivity contribution is 0.565. The van der Waals surface area contributed by atoms with E-state index in [0.717, 1.165) is 16.7 Å². The lowest BCUT2D eigenvalue weighted by Gasteiger charge is -2.15. The monoisotopic (exact) mass is 307 g/mol. The van der Waals surface area contributed by atoms with Crippen LogP contribution in [0, 0.1) is 12.7 Å². The number of hydrogen-bond acceptors (Lipinski definition) is 2. The fourth-order valence-electron chi connectivity index (χ4n) is 2.15. The van der Waals surface area contributed by atoms with E-state index in [9.17, 15) is 12.8 Å². The third-order valence-electron chi connectivity index (χ3n) is 3.17. The van der Waals surface area contributed by atoms with Crippen LogP contribution in [-0.4, -0.2) is 8.42 Å². The van der Waals surface area contributed by atoms with Gasteiger partial charge in [0.05, 0.1) is 5.75 Å². The van der Waals surface area contributed by atoms with Crippen LogP contribution < -0.4 is 4.72 Å². The Hall–Kier alpha value is -1.72. The van der Waals surface area contributed by atoms with Crippen LogP contribution in [0.1, 0.15) is 29.7 Å². The second-order valence-corrected chi connectivity index (χ2v) is 6.89. The summed E-state index contributed by atoms with van der Waals surface area (Å²) in [6.45, 7) is 3.66. The van der Waals surface area contributed by atoms with Crippen LogP contribution in [0.2, 0.25) is 0 Å². The van der Waals surface area contributed by atoms with Crippen LogP contribution >= 0.6 is 0 Å². The van der Waals surface area contributed by atoms with E-state index in [2.05, 4.69) is 4.72 Å². The highest BCUT2D eigenvalue weighted by atomic mass is 32.2.